The van der Waals surface area contributed by atoms with Gasteiger partial charge in [-0.25, -0.2) is 0 Å². The Labute approximate surface area is 73.4 Å². The van der Waals surface area contributed by atoms with E-state index in [1.165, 1.54) is 14.7 Å². The smallest absolute Gasteiger partial charge is 0.0136 e. The van der Waals surface area contributed by atoms with Crippen molar-refractivity contribution in [2.24, 2.45) is 0 Å². The first kappa shape index (κ1) is 6.20. The van der Waals surface area contributed by atoms with Crippen LogP contribution in [0.25, 0.3) is 12.2 Å². The van der Waals surface area contributed by atoms with E-state index < -0.39 is 0 Å². The third kappa shape index (κ3) is 0.917. The average molecular weight is 240 g/mol. The monoisotopic (exact) mass is 240 g/mol. The van der Waals surface area contributed by atoms with Gasteiger partial charge in [-0.3, -0.25) is 0 Å². The molecule has 0 spiro atoms. The van der Waals surface area contributed by atoms with Crippen LogP contribution in [0.5, 0.6) is 0 Å². The average Bonchev–Trinajstić information content (AvgIpc) is 2.33. The van der Waals surface area contributed by atoms with Crippen molar-refractivity contribution in [3.05, 3.63) is 38.6 Å². The van der Waals surface area contributed by atoms with E-state index in [1.54, 1.807) is 0 Å². The summed E-state index contributed by atoms with van der Waals surface area (Å²) in [7, 11) is 0. The maximum absolute atomic E-state index is 3.06. The molecule has 0 aromatic heterocycles. The van der Waals surface area contributed by atoms with Crippen molar-refractivity contribution in [2.75, 3.05) is 0 Å². The second kappa shape index (κ2) is 2.26. The zero-order valence-electron chi connectivity index (χ0n) is 5.26. The molecule has 0 heterocycles. The minimum Gasteiger partial charge on any atom is -0.120 e. The maximum atomic E-state index is 3.06. The number of halogens is 1. The van der Waals surface area contributed by atoms with Gasteiger partial charge in [0.05, 0.1) is 0 Å². The van der Waals surface area contributed by atoms with Crippen LogP contribution in [0, 0.1) is 3.57 Å². The molecular formula is C9H5I. The lowest BCUT2D eigenvalue weighted by Gasteiger charge is -1.95. The third-order valence-electron chi connectivity index (χ3n) is 1.53. The van der Waals surface area contributed by atoms with Crippen LogP contribution in [0.2, 0.25) is 0 Å². The quantitative estimate of drug-likeness (QED) is 0.490. The molecule has 0 fully saturated rings. The first-order chi connectivity index (χ1) is 4.86. The fraction of sp³-hybridized carbons (Fsp3) is 0. The number of hydrogen-bond donors (Lipinski definition) is 0. The minimum absolute atomic E-state index is 1.28. The van der Waals surface area contributed by atoms with Crippen molar-refractivity contribution in [2.45, 2.75) is 0 Å². The molecule has 0 atom stereocenters. The van der Waals surface area contributed by atoms with Crippen molar-refractivity contribution in [1.29, 1.82) is 0 Å². The second-order valence-electron chi connectivity index (χ2n) is 2.23. The van der Waals surface area contributed by atoms with E-state index in [9.17, 15) is 0 Å². The molecular weight excluding hydrogens is 235 g/mol. The molecule has 0 N–H and O–H groups in total. The molecule has 0 aliphatic heterocycles. The molecule has 1 aromatic carbocycles. The molecule has 0 amide bonds. The molecule has 1 aliphatic rings. The summed E-state index contributed by atoms with van der Waals surface area (Å²) in [4.78, 5) is 0. The summed E-state index contributed by atoms with van der Waals surface area (Å²) in [6, 6.07) is 6.39. The van der Waals surface area contributed by atoms with Crippen LogP contribution in [-0.2, 0) is 0 Å². The van der Waals surface area contributed by atoms with E-state index in [-0.39, 0.29) is 0 Å². The molecule has 10 heavy (non-hydrogen) atoms. The Balaban J connectivity index is 2.67. The summed E-state index contributed by atoms with van der Waals surface area (Å²) >= 11 is 2.31. The van der Waals surface area contributed by atoms with E-state index in [2.05, 4.69) is 46.5 Å². The van der Waals surface area contributed by atoms with Gasteiger partial charge in [0.15, 0.2) is 0 Å². The lowest BCUT2D eigenvalue weighted by atomic mass is 10.1. The van der Waals surface area contributed by atoms with Crippen molar-refractivity contribution in [3.63, 3.8) is 0 Å². The number of fused-ring (bicyclic) bond motifs is 1. The zero-order chi connectivity index (χ0) is 6.97. The largest absolute Gasteiger partial charge is 0.120 e. The SMILES string of the molecule is Ic1ccc2c(c1)C=C=C2. The van der Waals surface area contributed by atoms with Crippen molar-refractivity contribution >= 4 is 34.7 Å². The summed E-state index contributed by atoms with van der Waals surface area (Å²) in [6.45, 7) is 0. The molecule has 0 nitrogen and oxygen atoms in total. The van der Waals surface area contributed by atoms with Gasteiger partial charge in [0, 0.05) is 3.57 Å². The number of rotatable bonds is 0. The molecule has 1 heteroatoms. The zero-order valence-corrected chi connectivity index (χ0v) is 7.42. The Morgan fingerprint density at radius 3 is 2.80 bits per heavy atom. The lowest BCUT2D eigenvalue weighted by molar-refractivity contribution is 1.59. The topological polar surface area (TPSA) is 0 Å². The van der Waals surface area contributed by atoms with Crippen LogP contribution < -0.4 is 0 Å². The Morgan fingerprint density at radius 2 is 1.90 bits per heavy atom. The van der Waals surface area contributed by atoms with Crippen LogP contribution in [-0.4, -0.2) is 0 Å². The highest BCUT2D eigenvalue weighted by Crippen LogP contribution is 2.19. The molecule has 1 aliphatic carbocycles. The summed E-state index contributed by atoms with van der Waals surface area (Å²) in [5, 5.41) is 0. The van der Waals surface area contributed by atoms with Crippen molar-refractivity contribution < 1.29 is 0 Å². The molecule has 48 valence electrons. The van der Waals surface area contributed by atoms with Gasteiger partial charge in [-0.05, 0) is 58.0 Å². The first-order valence-corrected chi connectivity index (χ1v) is 4.16. The highest BCUT2D eigenvalue weighted by Gasteiger charge is 1.99. The van der Waals surface area contributed by atoms with E-state index in [1.807, 2.05) is 12.2 Å². The second-order valence-corrected chi connectivity index (χ2v) is 3.47. The van der Waals surface area contributed by atoms with Gasteiger partial charge in [0.25, 0.3) is 0 Å². The van der Waals surface area contributed by atoms with Gasteiger partial charge in [-0.2, -0.15) is 0 Å². The highest BCUT2D eigenvalue weighted by molar-refractivity contribution is 14.1. The van der Waals surface area contributed by atoms with Gasteiger partial charge < -0.3 is 0 Å². The molecule has 2 rings (SSSR count). The van der Waals surface area contributed by atoms with E-state index in [4.69, 9.17) is 0 Å². The summed E-state index contributed by atoms with van der Waals surface area (Å²) in [5.74, 6) is 0. The van der Waals surface area contributed by atoms with E-state index in [0.29, 0.717) is 0 Å². The van der Waals surface area contributed by atoms with Crippen LogP contribution in [0.1, 0.15) is 11.1 Å². The van der Waals surface area contributed by atoms with Crippen molar-refractivity contribution in [1.82, 2.24) is 0 Å². The first-order valence-electron chi connectivity index (χ1n) is 3.08. The predicted octanol–water partition coefficient (Wildman–Crippen LogP) is 2.93. The highest BCUT2D eigenvalue weighted by atomic mass is 127. The molecule has 0 bridgehead atoms. The summed E-state index contributed by atoms with van der Waals surface area (Å²) in [6.07, 6.45) is 4.02. The Bertz CT molecular complexity index is 331. The maximum Gasteiger partial charge on any atom is 0.0136 e. The molecule has 0 saturated heterocycles. The van der Waals surface area contributed by atoms with Gasteiger partial charge in [-0.15, -0.1) is 5.73 Å². The van der Waals surface area contributed by atoms with Gasteiger partial charge in [0.2, 0.25) is 0 Å². The third-order valence-corrected chi connectivity index (χ3v) is 2.20. The molecule has 0 radical (unpaired) electrons. The number of hydrogen-bond acceptors (Lipinski definition) is 0. The molecule has 1 aromatic rings. The standard InChI is InChI=1S/C9H5I/c10-9-5-4-7-2-1-3-8(7)6-9/h2-6H. The van der Waals surface area contributed by atoms with Crippen LogP contribution >= 0.6 is 22.6 Å². The Morgan fingerprint density at radius 1 is 1.10 bits per heavy atom. The minimum atomic E-state index is 1.28. The molecule has 0 saturated carbocycles. The molecule has 0 unspecified atom stereocenters. The van der Waals surface area contributed by atoms with Crippen LogP contribution in [0.3, 0.4) is 0 Å². The predicted molar refractivity (Wildman–Crippen MR) is 51.6 cm³/mol. The normalized spacial score (nSPS) is 12.1. The van der Waals surface area contributed by atoms with Crippen LogP contribution in [0.15, 0.2) is 23.9 Å². The van der Waals surface area contributed by atoms with Gasteiger partial charge >= 0.3 is 0 Å². The van der Waals surface area contributed by atoms with E-state index >= 15 is 0 Å². The fourth-order valence-electron chi connectivity index (χ4n) is 1.02. The Hall–Kier alpha value is -0.530. The number of benzene rings is 1. The lowest BCUT2D eigenvalue weighted by Crippen LogP contribution is -1.77. The summed E-state index contributed by atoms with van der Waals surface area (Å²) in [5.41, 5.74) is 5.62. The Kier molecular flexibility index (Phi) is 1.40. The fourth-order valence-corrected chi connectivity index (χ4v) is 1.54. The van der Waals surface area contributed by atoms with Crippen molar-refractivity contribution in [3.8, 4) is 0 Å². The van der Waals surface area contributed by atoms with E-state index in [0.717, 1.165) is 0 Å². The van der Waals surface area contributed by atoms with Gasteiger partial charge in [-0.1, -0.05) is 6.07 Å². The van der Waals surface area contributed by atoms with Gasteiger partial charge in [0.1, 0.15) is 0 Å². The summed E-state index contributed by atoms with van der Waals surface area (Å²) < 4.78 is 1.28. The van der Waals surface area contributed by atoms with Crippen LogP contribution in [0.4, 0.5) is 0 Å².